The zero-order valence-corrected chi connectivity index (χ0v) is 17.4. The maximum atomic E-state index is 13.4. The molecule has 0 aliphatic carbocycles. The first kappa shape index (κ1) is 21.0. The summed E-state index contributed by atoms with van der Waals surface area (Å²) in [4.78, 5) is 3.67. The van der Waals surface area contributed by atoms with Crippen molar-refractivity contribution >= 4 is 21.5 Å². The first-order valence-corrected chi connectivity index (χ1v) is 10.9. The second kappa shape index (κ2) is 7.49. The van der Waals surface area contributed by atoms with Crippen LogP contribution in [0.1, 0.15) is 36.5 Å². The zero-order chi connectivity index (χ0) is 22.4. The van der Waals surface area contributed by atoms with Gasteiger partial charge in [-0.05, 0) is 47.9 Å². The zero-order valence-electron chi connectivity index (χ0n) is 16.6. The molecule has 0 unspecified atom stereocenters. The highest BCUT2D eigenvalue weighted by molar-refractivity contribution is 7.90. The van der Waals surface area contributed by atoms with E-state index in [1.54, 1.807) is 0 Å². The van der Waals surface area contributed by atoms with Crippen molar-refractivity contribution in [2.75, 3.05) is 5.32 Å². The van der Waals surface area contributed by atoms with Gasteiger partial charge in [0.1, 0.15) is 4.90 Å². The minimum absolute atomic E-state index is 0.0491. The van der Waals surface area contributed by atoms with E-state index >= 15 is 0 Å². The van der Waals surface area contributed by atoms with E-state index in [1.807, 2.05) is 24.3 Å². The molecule has 0 amide bonds. The summed E-state index contributed by atoms with van der Waals surface area (Å²) in [5, 5.41) is 2.99. The summed E-state index contributed by atoms with van der Waals surface area (Å²) in [5.74, 6) is 0.474. The summed E-state index contributed by atoms with van der Waals surface area (Å²) >= 11 is 0. The average Bonchev–Trinajstić information content (AvgIpc) is 2.97. The molecule has 1 aliphatic rings. The smallest absolute Gasteiger partial charge is 0.339 e. The van der Waals surface area contributed by atoms with Crippen molar-refractivity contribution in [3.05, 3.63) is 77.5 Å². The number of fused-ring (bicyclic) bond motifs is 1. The molecule has 0 saturated heterocycles. The number of alkyl halides is 3. The number of amidine groups is 1. The lowest BCUT2D eigenvalue weighted by Crippen LogP contribution is -2.11. The summed E-state index contributed by atoms with van der Waals surface area (Å²) < 4.78 is 69.0. The monoisotopic (exact) mass is 445 g/mol. The molecule has 160 valence electrons. The Morgan fingerprint density at radius 3 is 2.35 bits per heavy atom. The lowest BCUT2D eigenvalue weighted by atomic mass is 10.0. The molecule has 4 rings (SSSR count). The SMILES string of the molecule is CC(C)c1ccc(NC2=NS(=O)(=O)c3cc(-c4ncccc4C(F)(F)F)ccc32)cc1. The summed E-state index contributed by atoms with van der Waals surface area (Å²) in [7, 11) is -4.06. The van der Waals surface area contributed by atoms with Crippen LogP contribution in [0.4, 0.5) is 18.9 Å². The number of rotatable bonds is 3. The van der Waals surface area contributed by atoms with Gasteiger partial charge in [0, 0.05) is 23.0 Å². The van der Waals surface area contributed by atoms with E-state index < -0.39 is 21.8 Å². The van der Waals surface area contributed by atoms with E-state index in [0.29, 0.717) is 17.2 Å². The second-order valence-electron chi connectivity index (χ2n) is 7.42. The Hall–Kier alpha value is -3.20. The number of anilines is 1. The van der Waals surface area contributed by atoms with E-state index in [1.165, 1.54) is 30.5 Å². The minimum atomic E-state index is -4.62. The van der Waals surface area contributed by atoms with Crippen LogP contribution in [-0.2, 0) is 16.2 Å². The first-order chi connectivity index (χ1) is 14.6. The predicted octanol–water partition coefficient (Wildman–Crippen LogP) is 5.45. The molecule has 1 N–H and O–H groups in total. The van der Waals surface area contributed by atoms with Gasteiger partial charge in [0.2, 0.25) is 0 Å². The van der Waals surface area contributed by atoms with Gasteiger partial charge >= 0.3 is 6.18 Å². The quantitative estimate of drug-likeness (QED) is 0.582. The fourth-order valence-corrected chi connectivity index (χ4v) is 4.54. The second-order valence-corrected chi connectivity index (χ2v) is 9.00. The third-order valence-electron chi connectivity index (χ3n) is 4.95. The Balaban J connectivity index is 1.72. The van der Waals surface area contributed by atoms with Gasteiger partial charge in [-0.25, -0.2) is 0 Å². The van der Waals surface area contributed by atoms with Crippen molar-refractivity contribution in [3.63, 3.8) is 0 Å². The van der Waals surface area contributed by atoms with Crippen molar-refractivity contribution < 1.29 is 21.6 Å². The number of hydrogen-bond donors (Lipinski definition) is 1. The Morgan fingerprint density at radius 1 is 1.00 bits per heavy atom. The first-order valence-electron chi connectivity index (χ1n) is 9.45. The number of halogens is 3. The van der Waals surface area contributed by atoms with Crippen molar-refractivity contribution in [3.8, 4) is 11.3 Å². The van der Waals surface area contributed by atoms with Gasteiger partial charge in [0.25, 0.3) is 10.0 Å². The van der Waals surface area contributed by atoms with Crippen LogP contribution in [0, 0.1) is 0 Å². The highest BCUT2D eigenvalue weighted by Crippen LogP contribution is 2.38. The van der Waals surface area contributed by atoms with Crippen LogP contribution >= 0.6 is 0 Å². The molecule has 0 spiro atoms. The number of nitrogens with one attached hydrogen (secondary N) is 1. The molecule has 0 fully saturated rings. The maximum absolute atomic E-state index is 13.4. The normalized spacial score (nSPS) is 15.0. The van der Waals surface area contributed by atoms with Crippen LogP contribution < -0.4 is 5.32 Å². The van der Waals surface area contributed by atoms with E-state index in [-0.39, 0.29) is 22.0 Å². The Bertz CT molecular complexity index is 1280. The van der Waals surface area contributed by atoms with Gasteiger partial charge in [-0.15, -0.1) is 4.40 Å². The summed E-state index contributed by atoms with van der Waals surface area (Å²) in [6.45, 7) is 4.13. The maximum Gasteiger partial charge on any atom is 0.418 e. The fraction of sp³-hybridized carbons (Fsp3) is 0.182. The molecular formula is C22H18F3N3O2S. The highest BCUT2D eigenvalue weighted by Gasteiger charge is 2.35. The van der Waals surface area contributed by atoms with Crippen LogP contribution in [-0.4, -0.2) is 19.2 Å². The number of nitrogens with zero attached hydrogens (tertiary/aromatic N) is 2. The van der Waals surface area contributed by atoms with Crippen molar-refractivity contribution in [1.82, 2.24) is 4.98 Å². The number of hydrogen-bond acceptors (Lipinski definition) is 4. The molecular weight excluding hydrogens is 427 g/mol. The molecule has 5 nitrogen and oxygen atoms in total. The number of pyridine rings is 1. The molecule has 0 saturated carbocycles. The molecule has 1 aromatic heterocycles. The van der Waals surface area contributed by atoms with E-state index in [4.69, 9.17) is 0 Å². The van der Waals surface area contributed by atoms with E-state index in [0.717, 1.165) is 11.6 Å². The van der Waals surface area contributed by atoms with Crippen LogP contribution in [0.15, 0.2) is 70.1 Å². The Labute approximate surface area is 177 Å². The molecule has 3 aromatic rings. The highest BCUT2D eigenvalue weighted by atomic mass is 32.2. The number of sulfonamides is 1. The minimum Gasteiger partial charge on any atom is -0.339 e. The molecule has 9 heteroatoms. The van der Waals surface area contributed by atoms with E-state index in [9.17, 15) is 21.6 Å². The fourth-order valence-electron chi connectivity index (χ4n) is 3.34. The topological polar surface area (TPSA) is 71.4 Å². The summed E-state index contributed by atoms with van der Waals surface area (Å²) in [6, 6.07) is 13.6. The van der Waals surface area contributed by atoms with Gasteiger partial charge in [-0.1, -0.05) is 32.0 Å². The summed E-state index contributed by atoms with van der Waals surface area (Å²) in [5.41, 5.74) is 0.856. The lowest BCUT2D eigenvalue weighted by molar-refractivity contribution is -0.137. The van der Waals surface area contributed by atoms with Gasteiger partial charge in [0.05, 0.1) is 11.3 Å². The van der Waals surface area contributed by atoms with Crippen LogP contribution in [0.3, 0.4) is 0 Å². The number of aromatic nitrogens is 1. The van der Waals surface area contributed by atoms with Crippen LogP contribution in [0.5, 0.6) is 0 Å². The Kier molecular flexibility index (Phi) is 5.09. The average molecular weight is 445 g/mol. The standard InChI is InChI=1S/C22H18F3N3O2S/c1-13(2)14-5-8-16(9-6-14)27-21-17-10-7-15(12-19(17)31(29,30)28-21)20-18(22(23,24)25)4-3-11-26-20/h3-13H,1-2H3,(H,27,28). The van der Waals surface area contributed by atoms with Crippen molar-refractivity contribution in [2.24, 2.45) is 4.40 Å². The van der Waals surface area contributed by atoms with Gasteiger partial charge in [-0.2, -0.15) is 21.6 Å². The molecule has 31 heavy (non-hydrogen) atoms. The molecule has 0 atom stereocenters. The van der Waals surface area contributed by atoms with Gasteiger partial charge < -0.3 is 5.32 Å². The largest absolute Gasteiger partial charge is 0.418 e. The third-order valence-corrected chi connectivity index (χ3v) is 6.27. The Morgan fingerprint density at radius 2 is 1.71 bits per heavy atom. The molecule has 0 bridgehead atoms. The van der Waals surface area contributed by atoms with Crippen LogP contribution in [0.2, 0.25) is 0 Å². The molecule has 1 aliphatic heterocycles. The van der Waals surface area contributed by atoms with Gasteiger partial charge in [-0.3, -0.25) is 4.98 Å². The van der Waals surface area contributed by atoms with Crippen LogP contribution in [0.25, 0.3) is 11.3 Å². The summed E-state index contributed by atoms with van der Waals surface area (Å²) in [6.07, 6.45) is -3.39. The molecule has 0 radical (unpaired) electrons. The van der Waals surface area contributed by atoms with Crippen molar-refractivity contribution in [2.45, 2.75) is 30.8 Å². The van der Waals surface area contributed by atoms with E-state index in [2.05, 4.69) is 28.5 Å². The molecule has 2 aromatic carbocycles. The number of benzene rings is 2. The predicted molar refractivity (Wildman–Crippen MR) is 113 cm³/mol. The lowest BCUT2D eigenvalue weighted by Gasteiger charge is -2.13. The molecule has 2 heterocycles. The van der Waals surface area contributed by atoms with Gasteiger partial charge in [0.15, 0.2) is 5.84 Å². The van der Waals surface area contributed by atoms with Crippen molar-refractivity contribution in [1.29, 1.82) is 0 Å². The third kappa shape index (κ3) is 4.05.